The first-order valence-electron chi connectivity index (χ1n) is 14.0. The summed E-state index contributed by atoms with van der Waals surface area (Å²) in [6.45, 7) is 1.10. The highest BCUT2D eigenvalue weighted by atomic mass is 32.1. The first kappa shape index (κ1) is 29.3. The molecule has 0 radical (unpaired) electrons. The van der Waals surface area contributed by atoms with Gasteiger partial charge in [-0.25, -0.2) is 17.9 Å². The largest absolute Gasteiger partial charge is 0.487 e. The topological polar surface area (TPSA) is 79.4 Å². The SMILES string of the molecule is Cc1cc(-n2ncc(C(=O)C3=Cc4cc(OCC(F)F)c(-c5cccs5)cc4CCC3)c2N)ccc1Oc1ccccc1F. The first-order valence-corrected chi connectivity index (χ1v) is 14.9. The number of hydrogen-bond acceptors (Lipinski definition) is 6. The van der Waals surface area contributed by atoms with Crippen LogP contribution in [-0.2, 0) is 6.42 Å². The van der Waals surface area contributed by atoms with E-state index in [2.05, 4.69) is 5.10 Å². The van der Waals surface area contributed by atoms with E-state index in [4.69, 9.17) is 15.2 Å². The number of rotatable bonds is 9. The van der Waals surface area contributed by atoms with Gasteiger partial charge in [-0.15, -0.1) is 11.3 Å². The third-order valence-corrected chi connectivity index (χ3v) is 8.32. The minimum absolute atomic E-state index is 0.114. The van der Waals surface area contributed by atoms with Crippen LogP contribution in [0.3, 0.4) is 0 Å². The van der Waals surface area contributed by atoms with Crippen LogP contribution in [0.5, 0.6) is 17.2 Å². The molecule has 2 N–H and O–H groups in total. The molecule has 0 fully saturated rings. The highest BCUT2D eigenvalue weighted by molar-refractivity contribution is 7.13. The van der Waals surface area contributed by atoms with Crippen molar-refractivity contribution in [3.05, 3.63) is 112 Å². The molecule has 0 unspecified atom stereocenters. The van der Waals surface area contributed by atoms with Crippen molar-refractivity contribution in [2.24, 2.45) is 0 Å². The summed E-state index contributed by atoms with van der Waals surface area (Å²) in [6.07, 6.45) is 2.58. The van der Waals surface area contributed by atoms with E-state index in [-0.39, 0.29) is 22.9 Å². The molecule has 1 aliphatic carbocycles. The lowest BCUT2D eigenvalue weighted by Crippen LogP contribution is -2.09. The molecule has 0 aliphatic heterocycles. The van der Waals surface area contributed by atoms with Gasteiger partial charge in [0.05, 0.1) is 17.4 Å². The van der Waals surface area contributed by atoms with E-state index in [1.807, 2.05) is 30.5 Å². The normalized spacial score (nSPS) is 12.9. The minimum atomic E-state index is -2.61. The fourth-order valence-corrected chi connectivity index (χ4v) is 5.98. The van der Waals surface area contributed by atoms with E-state index in [1.165, 1.54) is 28.3 Å². The Kier molecular flexibility index (Phi) is 8.25. The molecule has 10 heteroatoms. The number of Topliss-reactive ketones (excluding diaryl/α,β-unsaturated/α-hetero) is 1. The Morgan fingerprint density at radius 3 is 2.64 bits per heavy atom. The molecule has 0 spiro atoms. The van der Waals surface area contributed by atoms with Crippen LogP contribution in [0, 0.1) is 12.7 Å². The molecule has 0 atom stereocenters. The number of nitrogen functional groups attached to an aromatic ring is 1. The predicted molar refractivity (Wildman–Crippen MR) is 166 cm³/mol. The van der Waals surface area contributed by atoms with E-state index in [0.29, 0.717) is 35.6 Å². The van der Waals surface area contributed by atoms with Crippen LogP contribution in [0.1, 0.15) is 39.9 Å². The average Bonchev–Trinajstić information content (AvgIpc) is 3.63. The number of anilines is 1. The molecular formula is C34H28F3N3O3S. The summed E-state index contributed by atoms with van der Waals surface area (Å²) in [4.78, 5) is 14.7. The van der Waals surface area contributed by atoms with Crippen molar-refractivity contribution in [1.29, 1.82) is 0 Å². The Morgan fingerprint density at radius 1 is 1.05 bits per heavy atom. The zero-order valence-corrected chi connectivity index (χ0v) is 24.5. The molecule has 44 heavy (non-hydrogen) atoms. The van der Waals surface area contributed by atoms with Gasteiger partial charge in [-0.2, -0.15) is 5.10 Å². The first-order chi connectivity index (χ1) is 21.3. The Bertz CT molecular complexity index is 1870. The highest BCUT2D eigenvalue weighted by Crippen LogP contribution is 2.39. The molecule has 6 rings (SSSR count). The number of ether oxygens (including phenoxy) is 2. The molecular weight excluding hydrogens is 587 g/mol. The van der Waals surface area contributed by atoms with Gasteiger partial charge in [0, 0.05) is 16.0 Å². The molecule has 2 aromatic heterocycles. The Morgan fingerprint density at radius 2 is 1.89 bits per heavy atom. The number of nitrogens with zero attached hydrogens (tertiary/aromatic N) is 2. The van der Waals surface area contributed by atoms with Gasteiger partial charge in [0.1, 0.15) is 23.9 Å². The molecule has 5 aromatic rings. The standard InChI is InChI=1S/C34H28F3N3O3S/c1-20-14-24(11-12-28(20)43-29-9-3-2-8-27(29)35)40-34(38)26(18-39-40)33(41)22-7-4-6-21-16-25(31-10-5-13-44-31)30(17-23(21)15-22)42-19-32(36)37/h2-3,5,8-18,32H,4,6-7,19,38H2,1H3. The summed E-state index contributed by atoms with van der Waals surface area (Å²) in [7, 11) is 0. The van der Waals surface area contributed by atoms with Crippen molar-refractivity contribution < 1.29 is 27.4 Å². The quantitative estimate of drug-likeness (QED) is 0.168. The maximum atomic E-state index is 14.1. The number of carbonyl (C=O) groups is 1. The van der Waals surface area contributed by atoms with Crippen molar-refractivity contribution in [1.82, 2.24) is 9.78 Å². The summed E-state index contributed by atoms with van der Waals surface area (Å²) in [6, 6.07) is 18.9. The number of halogens is 3. The number of aromatic nitrogens is 2. The zero-order chi connectivity index (χ0) is 30.8. The van der Waals surface area contributed by atoms with E-state index in [1.54, 1.807) is 48.5 Å². The van der Waals surface area contributed by atoms with Crippen molar-refractivity contribution >= 4 is 29.0 Å². The van der Waals surface area contributed by atoms with E-state index < -0.39 is 18.8 Å². The van der Waals surface area contributed by atoms with Gasteiger partial charge in [-0.3, -0.25) is 4.79 Å². The van der Waals surface area contributed by atoms with Crippen molar-refractivity contribution in [2.75, 3.05) is 12.3 Å². The molecule has 0 saturated heterocycles. The van der Waals surface area contributed by atoms with Crippen LogP contribution in [0.25, 0.3) is 22.2 Å². The number of nitrogens with two attached hydrogens (primary N) is 1. The molecule has 224 valence electrons. The fourth-order valence-electron chi connectivity index (χ4n) is 5.23. The molecule has 0 amide bonds. The Hall–Kier alpha value is -4.83. The number of alkyl halides is 2. The lowest BCUT2D eigenvalue weighted by atomic mass is 9.98. The summed E-state index contributed by atoms with van der Waals surface area (Å²) in [5.74, 6) is 0.393. The van der Waals surface area contributed by atoms with Crippen LogP contribution in [0.4, 0.5) is 19.0 Å². The number of aryl methyl sites for hydroxylation is 2. The highest BCUT2D eigenvalue weighted by Gasteiger charge is 2.23. The molecule has 6 nitrogen and oxygen atoms in total. The number of para-hydroxylation sites is 1. The number of hydrogen-bond donors (Lipinski definition) is 1. The average molecular weight is 616 g/mol. The molecule has 1 aliphatic rings. The molecule has 3 aromatic carbocycles. The van der Waals surface area contributed by atoms with E-state index >= 15 is 0 Å². The predicted octanol–water partition coefficient (Wildman–Crippen LogP) is 8.67. The number of ketones is 1. The smallest absolute Gasteiger partial charge is 0.272 e. The Labute approximate surface area is 256 Å². The van der Waals surface area contributed by atoms with E-state index in [9.17, 15) is 18.0 Å². The van der Waals surface area contributed by atoms with Crippen LogP contribution >= 0.6 is 11.3 Å². The van der Waals surface area contributed by atoms with Gasteiger partial charge < -0.3 is 15.2 Å². The maximum Gasteiger partial charge on any atom is 0.272 e. The molecule has 0 saturated carbocycles. The lowest BCUT2D eigenvalue weighted by Gasteiger charge is -2.14. The van der Waals surface area contributed by atoms with Crippen molar-refractivity contribution in [3.63, 3.8) is 0 Å². The lowest BCUT2D eigenvalue weighted by molar-refractivity contribution is 0.0822. The third-order valence-electron chi connectivity index (χ3n) is 7.42. The third kappa shape index (κ3) is 5.98. The number of fused-ring (bicyclic) bond motifs is 1. The van der Waals surface area contributed by atoms with Gasteiger partial charge in [-0.05, 0) is 103 Å². The van der Waals surface area contributed by atoms with Gasteiger partial charge in [0.15, 0.2) is 17.3 Å². The monoisotopic (exact) mass is 615 g/mol. The van der Waals surface area contributed by atoms with Crippen molar-refractivity contribution in [3.8, 4) is 33.4 Å². The number of allylic oxidation sites excluding steroid dienone is 1. The van der Waals surface area contributed by atoms with Gasteiger partial charge in [0.25, 0.3) is 6.43 Å². The summed E-state index contributed by atoms with van der Waals surface area (Å²) < 4.78 is 52.9. The second-order valence-electron chi connectivity index (χ2n) is 10.4. The number of thiophene rings is 1. The summed E-state index contributed by atoms with van der Waals surface area (Å²) in [5, 5.41) is 6.31. The van der Waals surface area contributed by atoms with E-state index in [0.717, 1.165) is 33.6 Å². The maximum absolute atomic E-state index is 14.1. The minimum Gasteiger partial charge on any atom is -0.487 e. The second-order valence-corrected chi connectivity index (χ2v) is 11.4. The van der Waals surface area contributed by atoms with Crippen LogP contribution in [-0.4, -0.2) is 28.6 Å². The van der Waals surface area contributed by atoms with Crippen LogP contribution in [0.15, 0.2) is 83.9 Å². The molecule has 2 heterocycles. The number of carbonyl (C=O) groups excluding carboxylic acids is 1. The second kappa shape index (κ2) is 12.4. The summed E-state index contributed by atoms with van der Waals surface area (Å²) >= 11 is 1.51. The zero-order valence-electron chi connectivity index (χ0n) is 23.7. The van der Waals surface area contributed by atoms with Gasteiger partial charge >= 0.3 is 0 Å². The van der Waals surface area contributed by atoms with Crippen LogP contribution < -0.4 is 15.2 Å². The number of benzene rings is 3. The summed E-state index contributed by atoms with van der Waals surface area (Å²) in [5.41, 5.74) is 11.1. The van der Waals surface area contributed by atoms with Crippen LogP contribution in [0.2, 0.25) is 0 Å². The fraction of sp³-hybridized carbons (Fsp3) is 0.176. The van der Waals surface area contributed by atoms with Gasteiger partial charge in [-0.1, -0.05) is 18.2 Å². The van der Waals surface area contributed by atoms with Crippen molar-refractivity contribution in [2.45, 2.75) is 32.6 Å². The Balaban J connectivity index is 1.28. The van der Waals surface area contributed by atoms with Gasteiger partial charge in [0.2, 0.25) is 0 Å². The molecule has 0 bridgehead atoms.